The van der Waals surface area contributed by atoms with E-state index in [0.717, 1.165) is 55.8 Å². The first-order chi connectivity index (χ1) is 9.65. The van der Waals surface area contributed by atoms with Gasteiger partial charge in [0.2, 0.25) is 0 Å². The summed E-state index contributed by atoms with van der Waals surface area (Å²) in [6, 6.07) is 1.84. The van der Waals surface area contributed by atoms with Gasteiger partial charge >= 0.3 is 0 Å². The third-order valence-electron chi connectivity index (χ3n) is 4.10. The number of H-pyrrole nitrogens is 1. The first-order valence-corrected chi connectivity index (χ1v) is 8.36. The lowest BCUT2D eigenvalue weighted by Gasteiger charge is -2.30. The van der Waals surface area contributed by atoms with Crippen LogP contribution in [0.15, 0.2) is 10.9 Å². The Labute approximate surface area is 122 Å². The molecule has 1 atom stereocenters. The molecule has 0 radical (unpaired) electrons. The summed E-state index contributed by atoms with van der Waals surface area (Å²) >= 11 is 1.88. The van der Waals surface area contributed by atoms with Crippen LogP contribution in [0.2, 0.25) is 0 Å². The highest BCUT2D eigenvalue weighted by Gasteiger charge is 2.25. The Hall–Kier alpha value is -1.23. The Kier molecular flexibility index (Phi) is 3.87. The Bertz CT molecular complexity index is 582. The van der Waals surface area contributed by atoms with Crippen molar-refractivity contribution in [3.63, 3.8) is 0 Å². The molecule has 20 heavy (non-hydrogen) atoms. The van der Waals surface area contributed by atoms with Gasteiger partial charge in [-0.3, -0.25) is 9.59 Å². The number of hydrogen-bond acceptors (Lipinski definition) is 3. The van der Waals surface area contributed by atoms with Crippen LogP contribution in [0.5, 0.6) is 0 Å². The number of aryl methyl sites for hydroxylation is 2. The summed E-state index contributed by atoms with van der Waals surface area (Å²) in [5.74, 6) is 0.849. The number of hydrogen-bond donors (Lipinski definition) is 1. The SMILES string of the molecule is C[C@@H]1CN(C(=O)c2cc3c([nH]c2=O)CCCC3)CCS1. The van der Waals surface area contributed by atoms with Gasteiger partial charge in [-0.15, -0.1) is 0 Å². The van der Waals surface area contributed by atoms with E-state index < -0.39 is 0 Å². The molecule has 108 valence electrons. The monoisotopic (exact) mass is 292 g/mol. The molecule has 1 aromatic rings. The van der Waals surface area contributed by atoms with E-state index in [4.69, 9.17) is 0 Å². The van der Waals surface area contributed by atoms with E-state index in [-0.39, 0.29) is 11.5 Å². The molecule has 0 spiro atoms. The van der Waals surface area contributed by atoms with Gasteiger partial charge in [0.05, 0.1) is 0 Å². The number of aromatic nitrogens is 1. The predicted octanol–water partition coefficient (Wildman–Crippen LogP) is 1.83. The van der Waals surface area contributed by atoms with Crippen LogP contribution in [0.3, 0.4) is 0 Å². The van der Waals surface area contributed by atoms with Gasteiger partial charge in [0.1, 0.15) is 5.56 Å². The molecule has 1 amide bonds. The first-order valence-electron chi connectivity index (χ1n) is 7.31. The van der Waals surface area contributed by atoms with E-state index >= 15 is 0 Å². The maximum Gasteiger partial charge on any atom is 0.261 e. The van der Waals surface area contributed by atoms with Crippen molar-refractivity contribution in [2.24, 2.45) is 0 Å². The van der Waals surface area contributed by atoms with Crippen molar-refractivity contribution in [1.29, 1.82) is 0 Å². The van der Waals surface area contributed by atoms with Crippen molar-refractivity contribution >= 4 is 17.7 Å². The second kappa shape index (κ2) is 5.64. The highest BCUT2D eigenvalue weighted by Crippen LogP contribution is 2.21. The van der Waals surface area contributed by atoms with E-state index in [9.17, 15) is 9.59 Å². The highest BCUT2D eigenvalue weighted by molar-refractivity contribution is 7.99. The van der Waals surface area contributed by atoms with Crippen molar-refractivity contribution in [3.8, 4) is 0 Å². The molecule has 0 unspecified atom stereocenters. The maximum atomic E-state index is 12.5. The zero-order chi connectivity index (χ0) is 14.1. The number of fused-ring (bicyclic) bond motifs is 1. The number of rotatable bonds is 1. The Morgan fingerprint density at radius 1 is 1.40 bits per heavy atom. The normalized spacial score (nSPS) is 22.4. The molecule has 4 nitrogen and oxygen atoms in total. The molecule has 0 saturated carbocycles. The average Bonchev–Trinajstić information content (AvgIpc) is 2.46. The number of nitrogens with zero attached hydrogens (tertiary/aromatic N) is 1. The zero-order valence-electron chi connectivity index (χ0n) is 11.8. The fourth-order valence-electron chi connectivity index (χ4n) is 3.01. The minimum Gasteiger partial charge on any atom is -0.337 e. The molecule has 1 aromatic heterocycles. The molecule has 1 aliphatic heterocycles. The number of amides is 1. The largest absolute Gasteiger partial charge is 0.337 e. The molecule has 1 aliphatic carbocycles. The van der Waals surface area contributed by atoms with Gasteiger partial charge in [-0.05, 0) is 37.3 Å². The topological polar surface area (TPSA) is 53.2 Å². The molecule has 0 bridgehead atoms. The predicted molar refractivity (Wildman–Crippen MR) is 81.5 cm³/mol. The van der Waals surface area contributed by atoms with Crippen molar-refractivity contribution in [2.75, 3.05) is 18.8 Å². The standard InChI is InChI=1S/C15H20N2O2S/c1-10-9-17(6-7-20-10)15(19)12-8-11-4-2-3-5-13(11)16-14(12)18/h8,10H,2-7,9H2,1H3,(H,16,18)/t10-/m1/s1. The molecular formula is C15H20N2O2S. The number of nitrogens with one attached hydrogen (secondary N) is 1. The third kappa shape index (κ3) is 2.64. The minimum atomic E-state index is -0.221. The van der Waals surface area contributed by atoms with Gasteiger partial charge in [-0.1, -0.05) is 6.92 Å². The van der Waals surface area contributed by atoms with E-state index in [1.54, 1.807) is 0 Å². The molecule has 5 heteroatoms. The number of aromatic amines is 1. The van der Waals surface area contributed by atoms with Crippen molar-refractivity contribution in [2.45, 2.75) is 37.9 Å². The van der Waals surface area contributed by atoms with E-state index in [1.807, 2.05) is 22.7 Å². The van der Waals surface area contributed by atoms with Crippen LogP contribution in [-0.2, 0) is 12.8 Å². The van der Waals surface area contributed by atoms with Crippen molar-refractivity contribution < 1.29 is 4.79 Å². The van der Waals surface area contributed by atoms with E-state index in [2.05, 4.69) is 11.9 Å². The quantitative estimate of drug-likeness (QED) is 0.859. The fraction of sp³-hybridized carbons (Fsp3) is 0.600. The van der Waals surface area contributed by atoms with Crippen molar-refractivity contribution in [1.82, 2.24) is 9.88 Å². The molecular weight excluding hydrogens is 272 g/mol. The summed E-state index contributed by atoms with van der Waals surface area (Å²) in [5, 5.41) is 0.449. The minimum absolute atomic E-state index is 0.105. The molecule has 1 fully saturated rings. The lowest BCUT2D eigenvalue weighted by Crippen LogP contribution is -2.43. The van der Waals surface area contributed by atoms with Crippen LogP contribution >= 0.6 is 11.8 Å². The average molecular weight is 292 g/mol. The van der Waals surface area contributed by atoms with Crippen LogP contribution in [0, 0.1) is 0 Å². The number of thioether (sulfide) groups is 1. The van der Waals surface area contributed by atoms with Crippen LogP contribution in [0.4, 0.5) is 0 Å². The van der Waals surface area contributed by atoms with Gasteiger partial charge in [-0.2, -0.15) is 11.8 Å². The van der Waals surface area contributed by atoms with Gasteiger partial charge in [0.25, 0.3) is 11.5 Å². The molecule has 1 N–H and O–H groups in total. The van der Waals surface area contributed by atoms with Gasteiger partial charge in [-0.25, -0.2) is 0 Å². The lowest BCUT2D eigenvalue weighted by atomic mass is 9.95. The second-order valence-electron chi connectivity index (χ2n) is 5.66. The Morgan fingerprint density at radius 2 is 2.20 bits per heavy atom. The summed E-state index contributed by atoms with van der Waals surface area (Å²) in [6.07, 6.45) is 4.16. The smallest absolute Gasteiger partial charge is 0.261 e. The van der Waals surface area contributed by atoms with E-state index in [0.29, 0.717) is 10.8 Å². The van der Waals surface area contributed by atoms with Crippen LogP contribution in [0.25, 0.3) is 0 Å². The van der Waals surface area contributed by atoms with Crippen LogP contribution in [0.1, 0.15) is 41.4 Å². The summed E-state index contributed by atoms with van der Waals surface area (Å²) in [6.45, 7) is 3.60. The maximum absolute atomic E-state index is 12.5. The molecule has 2 heterocycles. The van der Waals surface area contributed by atoms with Crippen LogP contribution < -0.4 is 5.56 Å². The fourth-order valence-corrected chi connectivity index (χ4v) is 4.02. The number of carbonyl (C=O) groups excluding carboxylic acids is 1. The molecule has 1 saturated heterocycles. The van der Waals surface area contributed by atoms with Gasteiger partial charge < -0.3 is 9.88 Å². The summed E-state index contributed by atoms with van der Waals surface area (Å²) in [5.41, 5.74) is 2.28. The molecule has 2 aliphatic rings. The zero-order valence-corrected chi connectivity index (χ0v) is 12.6. The summed E-state index contributed by atoms with van der Waals surface area (Å²) < 4.78 is 0. The van der Waals surface area contributed by atoms with Gasteiger partial charge in [0.15, 0.2) is 0 Å². The molecule has 0 aromatic carbocycles. The van der Waals surface area contributed by atoms with Crippen LogP contribution in [-0.4, -0.2) is 39.9 Å². The number of carbonyl (C=O) groups is 1. The third-order valence-corrected chi connectivity index (χ3v) is 5.23. The summed E-state index contributed by atoms with van der Waals surface area (Å²) in [4.78, 5) is 29.4. The Balaban J connectivity index is 1.89. The lowest BCUT2D eigenvalue weighted by molar-refractivity contribution is 0.0761. The van der Waals surface area contributed by atoms with E-state index in [1.165, 1.54) is 0 Å². The van der Waals surface area contributed by atoms with Crippen molar-refractivity contribution in [3.05, 3.63) is 33.2 Å². The van der Waals surface area contributed by atoms with Gasteiger partial charge in [0, 0.05) is 29.8 Å². The summed E-state index contributed by atoms with van der Waals surface area (Å²) in [7, 11) is 0. The second-order valence-corrected chi connectivity index (χ2v) is 7.20. The Morgan fingerprint density at radius 3 is 3.00 bits per heavy atom. The molecule has 3 rings (SSSR count). The number of pyridine rings is 1. The first kappa shape index (κ1) is 13.7. The highest BCUT2D eigenvalue weighted by atomic mass is 32.2.